The molecule has 1 aliphatic rings. The average molecular weight is 255 g/mol. The maximum Gasteiger partial charge on any atom is 0.0591 e. The van der Waals surface area contributed by atoms with Crippen LogP contribution in [0.3, 0.4) is 0 Å². The minimum absolute atomic E-state index is 0.709. The largest absolute Gasteiger partial charge is 0.381 e. The molecule has 2 rings (SSSR count). The Kier molecular flexibility index (Phi) is 5.99. The van der Waals surface area contributed by atoms with E-state index in [9.17, 15) is 0 Å². The van der Waals surface area contributed by atoms with Crippen LogP contribution in [0.4, 0.5) is 0 Å². The van der Waals surface area contributed by atoms with Crippen molar-refractivity contribution in [3.05, 3.63) is 22.4 Å². The summed E-state index contributed by atoms with van der Waals surface area (Å²) < 4.78 is 11.0. The fraction of sp³-hybridized carbons (Fsp3) is 0.692. The summed E-state index contributed by atoms with van der Waals surface area (Å²) in [5.74, 6) is 0.709. The molecule has 2 heterocycles. The molecule has 1 aliphatic heterocycles. The van der Waals surface area contributed by atoms with E-state index in [4.69, 9.17) is 9.47 Å². The van der Waals surface area contributed by atoms with Gasteiger partial charge in [0, 0.05) is 37.8 Å². The number of nitrogens with one attached hydrogen (secondary N) is 1. The first-order valence-electron chi connectivity index (χ1n) is 6.34. The second-order valence-corrected chi connectivity index (χ2v) is 5.42. The van der Waals surface area contributed by atoms with Crippen molar-refractivity contribution in [3.63, 3.8) is 0 Å². The van der Waals surface area contributed by atoms with Gasteiger partial charge < -0.3 is 14.8 Å². The van der Waals surface area contributed by atoms with Crippen LogP contribution in [-0.2, 0) is 16.0 Å². The molecule has 1 saturated heterocycles. The van der Waals surface area contributed by atoms with Crippen molar-refractivity contribution in [2.24, 2.45) is 5.92 Å². The summed E-state index contributed by atoms with van der Waals surface area (Å²) in [6.45, 7) is 5.40. The van der Waals surface area contributed by atoms with E-state index < -0.39 is 0 Å². The van der Waals surface area contributed by atoms with Crippen LogP contribution in [0, 0.1) is 5.92 Å². The highest BCUT2D eigenvalue weighted by Gasteiger charge is 2.13. The van der Waals surface area contributed by atoms with Gasteiger partial charge in [-0.1, -0.05) is 6.07 Å². The highest BCUT2D eigenvalue weighted by Crippen LogP contribution is 2.14. The molecule has 17 heavy (non-hydrogen) atoms. The van der Waals surface area contributed by atoms with Crippen LogP contribution in [0.2, 0.25) is 0 Å². The number of hydrogen-bond donors (Lipinski definition) is 1. The number of ether oxygens (including phenoxy) is 2. The van der Waals surface area contributed by atoms with Crippen molar-refractivity contribution < 1.29 is 9.47 Å². The minimum atomic E-state index is 0.709. The predicted molar refractivity (Wildman–Crippen MR) is 70.4 cm³/mol. The third-order valence-electron chi connectivity index (χ3n) is 3.00. The molecule has 0 aromatic carbocycles. The highest BCUT2D eigenvalue weighted by atomic mass is 32.1. The average Bonchev–Trinajstić information content (AvgIpc) is 2.88. The fourth-order valence-corrected chi connectivity index (χ4v) is 2.61. The Balaban J connectivity index is 1.43. The molecular formula is C13H21NO2S. The van der Waals surface area contributed by atoms with E-state index in [1.165, 1.54) is 4.88 Å². The lowest BCUT2D eigenvalue weighted by molar-refractivity contribution is 0.0214. The number of thiophene rings is 1. The van der Waals surface area contributed by atoms with E-state index in [1.807, 2.05) is 0 Å². The Hall–Kier alpha value is -0.420. The van der Waals surface area contributed by atoms with Crippen LogP contribution in [0.5, 0.6) is 0 Å². The summed E-state index contributed by atoms with van der Waals surface area (Å²) in [5, 5.41) is 5.50. The standard InChI is InChI=1S/C13H21NO2S/c1-2-13(17-9-1)10-14-5-8-16-11-12-3-6-15-7-4-12/h1-2,9,12,14H,3-8,10-11H2. The van der Waals surface area contributed by atoms with Gasteiger partial charge in [-0.15, -0.1) is 11.3 Å². The van der Waals surface area contributed by atoms with Gasteiger partial charge in [-0.3, -0.25) is 0 Å². The Morgan fingerprint density at radius 2 is 2.29 bits per heavy atom. The highest BCUT2D eigenvalue weighted by molar-refractivity contribution is 7.09. The van der Waals surface area contributed by atoms with Crippen molar-refractivity contribution in [3.8, 4) is 0 Å². The van der Waals surface area contributed by atoms with Gasteiger partial charge in [-0.25, -0.2) is 0 Å². The van der Waals surface area contributed by atoms with Crippen LogP contribution >= 0.6 is 11.3 Å². The summed E-state index contributed by atoms with van der Waals surface area (Å²) >= 11 is 1.79. The van der Waals surface area contributed by atoms with Gasteiger partial charge in [0.1, 0.15) is 0 Å². The second-order valence-electron chi connectivity index (χ2n) is 4.39. The Bertz CT molecular complexity index is 284. The molecule has 1 fully saturated rings. The Morgan fingerprint density at radius 3 is 3.06 bits per heavy atom. The molecule has 1 aromatic heterocycles. The lowest BCUT2D eigenvalue weighted by atomic mass is 10.0. The van der Waals surface area contributed by atoms with Gasteiger partial charge in [0.15, 0.2) is 0 Å². The van der Waals surface area contributed by atoms with Crippen molar-refractivity contribution in [1.29, 1.82) is 0 Å². The lowest BCUT2D eigenvalue weighted by Gasteiger charge is -2.21. The van der Waals surface area contributed by atoms with Crippen molar-refractivity contribution >= 4 is 11.3 Å². The van der Waals surface area contributed by atoms with Crippen LogP contribution in [0.1, 0.15) is 17.7 Å². The molecule has 1 aromatic rings. The fourth-order valence-electron chi connectivity index (χ4n) is 1.93. The third kappa shape index (κ3) is 5.17. The Morgan fingerprint density at radius 1 is 1.41 bits per heavy atom. The van der Waals surface area contributed by atoms with Crippen molar-refractivity contribution in [2.75, 3.05) is 33.0 Å². The molecule has 0 bridgehead atoms. The quantitative estimate of drug-likeness (QED) is 0.758. The van der Waals surface area contributed by atoms with Crippen LogP contribution < -0.4 is 5.32 Å². The molecule has 0 amide bonds. The van der Waals surface area contributed by atoms with Crippen molar-refractivity contribution in [2.45, 2.75) is 19.4 Å². The smallest absolute Gasteiger partial charge is 0.0591 e. The first-order chi connectivity index (χ1) is 8.45. The number of hydrogen-bond acceptors (Lipinski definition) is 4. The van der Waals surface area contributed by atoms with E-state index >= 15 is 0 Å². The number of rotatable bonds is 7. The van der Waals surface area contributed by atoms with Gasteiger partial charge in [0.25, 0.3) is 0 Å². The van der Waals surface area contributed by atoms with Crippen molar-refractivity contribution in [1.82, 2.24) is 5.32 Å². The van der Waals surface area contributed by atoms with E-state index in [2.05, 4.69) is 22.8 Å². The SMILES string of the molecule is c1csc(CNCCOCC2CCOCC2)c1. The van der Waals surface area contributed by atoms with Gasteiger partial charge in [-0.05, 0) is 30.2 Å². The molecule has 0 spiro atoms. The maximum atomic E-state index is 5.68. The Labute approximate surface area is 107 Å². The summed E-state index contributed by atoms with van der Waals surface area (Å²) in [6, 6.07) is 4.24. The molecule has 0 aliphatic carbocycles. The predicted octanol–water partition coefficient (Wildman–Crippen LogP) is 2.28. The van der Waals surface area contributed by atoms with Gasteiger partial charge >= 0.3 is 0 Å². The second kappa shape index (κ2) is 7.82. The van der Waals surface area contributed by atoms with Crippen LogP contribution in [-0.4, -0.2) is 33.0 Å². The molecule has 0 atom stereocenters. The zero-order valence-corrected chi connectivity index (χ0v) is 11.0. The molecule has 96 valence electrons. The maximum absolute atomic E-state index is 5.68. The van der Waals surface area contributed by atoms with E-state index in [1.54, 1.807) is 11.3 Å². The summed E-state index contributed by atoms with van der Waals surface area (Å²) in [5.41, 5.74) is 0. The van der Waals surface area contributed by atoms with E-state index in [0.29, 0.717) is 5.92 Å². The minimum Gasteiger partial charge on any atom is -0.381 e. The molecular weight excluding hydrogens is 234 g/mol. The van der Waals surface area contributed by atoms with Gasteiger partial charge in [0.2, 0.25) is 0 Å². The topological polar surface area (TPSA) is 30.5 Å². The van der Waals surface area contributed by atoms with Gasteiger partial charge in [-0.2, -0.15) is 0 Å². The molecule has 0 saturated carbocycles. The zero-order valence-electron chi connectivity index (χ0n) is 10.2. The van der Waals surface area contributed by atoms with Crippen LogP contribution in [0.15, 0.2) is 17.5 Å². The summed E-state index contributed by atoms with van der Waals surface area (Å²) in [4.78, 5) is 1.38. The molecule has 0 radical (unpaired) electrons. The summed E-state index contributed by atoms with van der Waals surface area (Å²) in [6.07, 6.45) is 2.31. The first kappa shape index (κ1) is 13.0. The monoisotopic (exact) mass is 255 g/mol. The van der Waals surface area contributed by atoms with E-state index in [-0.39, 0.29) is 0 Å². The first-order valence-corrected chi connectivity index (χ1v) is 7.21. The van der Waals surface area contributed by atoms with E-state index in [0.717, 1.165) is 52.4 Å². The molecule has 4 heteroatoms. The normalized spacial score (nSPS) is 17.4. The van der Waals surface area contributed by atoms with Gasteiger partial charge in [0.05, 0.1) is 6.61 Å². The zero-order chi connectivity index (χ0) is 11.8. The van der Waals surface area contributed by atoms with Crippen LogP contribution in [0.25, 0.3) is 0 Å². The summed E-state index contributed by atoms with van der Waals surface area (Å²) in [7, 11) is 0. The molecule has 3 nitrogen and oxygen atoms in total. The lowest BCUT2D eigenvalue weighted by Crippen LogP contribution is -2.23. The third-order valence-corrected chi connectivity index (χ3v) is 3.87. The molecule has 0 unspecified atom stereocenters. The molecule has 1 N–H and O–H groups in total.